The third kappa shape index (κ3) is 6.09. The van der Waals surface area contributed by atoms with Gasteiger partial charge in [-0.25, -0.2) is 10.0 Å². The van der Waals surface area contributed by atoms with E-state index in [0.717, 1.165) is 49.4 Å². The largest absolute Gasteiger partial charge is 0.417 e. The van der Waals surface area contributed by atoms with Gasteiger partial charge in [0.15, 0.2) is 11.5 Å². The van der Waals surface area contributed by atoms with Crippen LogP contribution in [-0.2, 0) is 6.18 Å². The van der Waals surface area contributed by atoms with E-state index in [0.29, 0.717) is 29.7 Å². The first-order valence-corrected chi connectivity index (χ1v) is 12.2. The standard InChI is InChI=1S/C27H32ClF3N4/c1-7-11-34(16-20-10-8-9-18(4)12-20)26-25(13-19(5)17(2)3)35(32-6)24-14-21(27(29,30)31)22(28)15-23(24)33-26/h12,14-15,20H,2,6-11,16H2,1,3-5H3. The van der Waals surface area contributed by atoms with Crippen LogP contribution in [0.2, 0.25) is 5.02 Å². The van der Waals surface area contributed by atoms with Gasteiger partial charge in [0.05, 0.1) is 22.0 Å². The zero-order valence-electron chi connectivity index (χ0n) is 20.8. The van der Waals surface area contributed by atoms with E-state index in [4.69, 9.17) is 16.6 Å². The Labute approximate surface area is 210 Å². The molecule has 0 fully saturated rings. The lowest BCUT2D eigenvalue weighted by Gasteiger charge is -2.36. The van der Waals surface area contributed by atoms with E-state index < -0.39 is 16.8 Å². The number of fused-ring (bicyclic) bond motifs is 1. The Morgan fingerprint density at radius 3 is 2.63 bits per heavy atom. The summed E-state index contributed by atoms with van der Waals surface area (Å²) >= 11 is 6.05. The second kappa shape index (κ2) is 10.9. The Kier molecular flexibility index (Phi) is 8.34. The Morgan fingerprint density at radius 2 is 2.06 bits per heavy atom. The molecular formula is C27H32ClF3N4. The molecule has 1 aliphatic heterocycles. The highest BCUT2D eigenvalue weighted by molar-refractivity contribution is 6.32. The summed E-state index contributed by atoms with van der Waals surface area (Å²) in [5, 5.41) is 5.07. The summed E-state index contributed by atoms with van der Waals surface area (Å²) in [7, 11) is 0. The first kappa shape index (κ1) is 26.8. The molecule has 2 aliphatic rings. The van der Waals surface area contributed by atoms with Gasteiger partial charge in [-0.2, -0.15) is 18.3 Å². The summed E-state index contributed by atoms with van der Waals surface area (Å²) in [6.07, 6.45) is 1.89. The molecule has 3 rings (SSSR count). The second-order valence-corrected chi connectivity index (χ2v) is 9.60. The first-order chi connectivity index (χ1) is 16.5. The summed E-state index contributed by atoms with van der Waals surface area (Å²) in [5.74, 6) is 0.938. The predicted octanol–water partition coefficient (Wildman–Crippen LogP) is 8.29. The molecule has 1 aliphatic carbocycles. The number of amidine groups is 1. The predicted molar refractivity (Wildman–Crippen MR) is 140 cm³/mol. The topological polar surface area (TPSA) is 31.2 Å². The van der Waals surface area contributed by atoms with Gasteiger partial charge in [0.1, 0.15) is 0 Å². The van der Waals surface area contributed by atoms with Crippen LogP contribution in [0.25, 0.3) is 0 Å². The fourth-order valence-electron chi connectivity index (χ4n) is 4.36. The van der Waals surface area contributed by atoms with Crippen molar-refractivity contribution < 1.29 is 13.2 Å². The van der Waals surface area contributed by atoms with E-state index in [-0.39, 0.29) is 5.69 Å². The highest BCUT2D eigenvalue weighted by Gasteiger charge is 2.37. The van der Waals surface area contributed by atoms with E-state index in [2.05, 4.69) is 49.0 Å². The lowest BCUT2D eigenvalue weighted by atomic mass is 9.90. The van der Waals surface area contributed by atoms with Crippen LogP contribution in [-0.4, -0.2) is 30.5 Å². The third-order valence-electron chi connectivity index (χ3n) is 6.25. The first-order valence-electron chi connectivity index (χ1n) is 11.8. The Morgan fingerprint density at radius 1 is 1.34 bits per heavy atom. The van der Waals surface area contributed by atoms with Crippen LogP contribution >= 0.6 is 11.6 Å². The van der Waals surface area contributed by atoms with Gasteiger partial charge in [-0.1, -0.05) is 42.5 Å². The average molecular weight is 505 g/mol. The molecule has 1 unspecified atom stereocenters. The zero-order valence-corrected chi connectivity index (χ0v) is 21.5. The molecule has 1 aromatic rings. The molecule has 188 valence electrons. The molecule has 1 atom stereocenters. The van der Waals surface area contributed by atoms with Gasteiger partial charge in [0.25, 0.3) is 0 Å². The van der Waals surface area contributed by atoms with E-state index in [9.17, 15) is 13.2 Å². The number of benzene rings is 1. The fourth-order valence-corrected chi connectivity index (χ4v) is 4.63. The molecule has 0 saturated heterocycles. The molecule has 0 N–H and O–H groups in total. The molecule has 1 aromatic carbocycles. The average Bonchev–Trinajstić information content (AvgIpc) is 2.77. The summed E-state index contributed by atoms with van der Waals surface area (Å²) in [6, 6.07) is 2.22. The van der Waals surface area contributed by atoms with E-state index in [1.54, 1.807) is 0 Å². The Bertz CT molecular complexity index is 1140. The number of allylic oxidation sites excluding steroid dienone is 2. The van der Waals surface area contributed by atoms with Crippen LogP contribution in [0.4, 0.5) is 24.5 Å². The monoisotopic (exact) mass is 504 g/mol. The minimum Gasteiger partial charge on any atom is -0.354 e. The summed E-state index contributed by atoms with van der Waals surface area (Å²) in [6.45, 7) is 17.0. The maximum Gasteiger partial charge on any atom is 0.417 e. The van der Waals surface area contributed by atoms with Gasteiger partial charge in [-0.05, 0) is 75.7 Å². The van der Waals surface area contributed by atoms with E-state index in [1.807, 2.05) is 13.8 Å². The molecule has 35 heavy (non-hydrogen) atoms. The molecule has 0 bridgehead atoms. The molecule has 8 heteroatoms. The Hall–Kier alpha value is -2.76. The van der Waals surface area contributed by atoms with Gasteiger partial charge in [-0.3, -0.25) is 0 Å². The second-order valence-electron chi connectivity index (χ2n) is 9.20. The maximum atomic E-state index is 13.6. The number of aliphatic imine (C=N–C) groups is 1. The highest BCUT2D eigenvalue weighted by atomic mass is 35.5. The van der Waals surface area contributed by atoms with Crippen molar-refractivity contribution in [3.8, 4) is 0 Å². The summed E-state index contributed by atoms with van der Waals surface area (Å²) < 4.78 is 40.9. The van der Waals surface area contributed by atoms with Crippen molar-refractivity contribution in [3.05, 3.63) is 63.5 Å². The molecule has 4 nitrogen and oxygen atoms in total. The van der Waals surface area contributed by atoms with Crippen molar-refractivity contribution in [3.63, 3.8) is 0 Å². The van der Waals surface area contributed by atoms with Crippen LogP contribution in [0, 0.1) is 5.92 Å². The third-order valence-corrected chi connectivity index (χ3v) is 6.56. The normalized spacial score (nSPS) is 17.8. The summed E-state index contributed by atoms with van der Waals surface area (Å²) in [5.41, 5.74) is 6.16. The van der Waals surface area contributed by atoms with Gasteiger partial charge < -0.3 is 4.90 Å². The number of alkyl halides is 3. The van der Waals surface area contributed by atoms with Gasteiger partial charge in [-0.15, -0.1) is 0 Å². The van der Waals surface area contributed by atoms with Crippen molar-refractivity contribution in [2.45, 2.75) is 59.6 Å². The van der Waals surface area contributed by atoms with Crippen LogP contribution < -0.4 is 5.01 Å². The van der Waals surface area contributed by atoms with Crippen molar-refractivity contribution in [2.75, 3.05) is 18.1 Å². The molecule has 0 spiro atoms. The van der Waals surface area contributed by atoms with Crippen molar-refractivity contribution in [1.29, 1.82) is 0 Å². The van der Waals surface area contributed by atoms with Crippen LogP contribution in [0.15, 0.2) is 63.0 Å². The number of rotatable bonds is 6. The SMILES string of the molecule is C=NN1C(=C=C(C)C(=C)C)C(N(CCC)CC2C=C(C)CCC2)=Nc2cc(Cl)c(C(F)(F)F)cc21. The van der Waals surface area contributed by atoms with Crippen LogP contribution in [0.5, 0.6) is 0 Å². The number of anilines is 1. The molecule has 0 amide bonds. The number of hydrogen-bond donors (Lipinski definition) is 0. The number of nitrogens with zero attached hydrogens (tertiary/aromatic N) is 4. The summed E-state index contributed by atoms with van der Waals surface area (Å²) in [4.78, 5) is 6.99. The molecule has 0 aromatic heterocycles. The molecule has 1 heterocycles. The molecule has 0 saturated carbocycles. The minimum absolute atomic E-state index is 0.155. The van der Waals surface area contributed by atoms with Crippen LogP contribution in [0.3, 0.4) is 0 Å². The maximum absolute atomic E-state index is 13.6. The van der Waals surface area contributed by atoms with Gasteiger partial charge >= 0.3 is 6.18 Å². The van der Waals surface area contributed by atoms with Crippen LogP contribution in [0.1, 0.15) is 58.9 Å². The number of hydrazone groups is 1. The lowest BCUT2D eigenvalue weighted by Crippen LogP contribution is -2.41. The Balaban J connectivity index is 2.25. The van der Waals surface area contributed by atoms with Crippen molar-refractivity contribution >= 4 is 35.5 Å². The minimum atomic E-state index is -4.62. The van der Waals surface area contributed by atoms with E-state index in [1.165, 1.54) is 16.6 Å². The number of halogens is 4. The lowest BCUT2D eigenvalue weighted by molar-refractivity contribution is -0.137. The quantitative estimate of drug-likeness (QED) is 0.169. The van der Waals surface area contributed by atoms with Crippen molar-refractivity contribution in [1.82, 2.24) is 4.90 Å². The highest BCUT2D eigenvalue weighted by Crippen LogP contribution is 2.45. The zero-order chi connectivity index (χ0) is 25.9. The van der Waals surface area contributed by atoms with E-state index >= 15 is 0 Å². The van der Waals surface area contributed by atoms with Gasteiger partial charge in [0, 0.05) is 19.8 Å². The number of hydrogen-bond acceptors (Lipinski definition) is 4. The van der Waals surface area contributed by atoms with Crippen molar-refractivity contribution in [2.24, 2.45) is 16.0 Å². The smallest absolute Gasteiger partial charge is 0.354 e. The van der Waals surface area contributed by atoms with Gasteiger partial charge in [0.2, 0.25) is 0 Å². The molecule has 0 radical (unpaired) electrons. The molecular weight excluding hydrogens is 473 g/mol. The fraction of sp³-hybridized carbons (Fsp3) is 0.444.